The number of imidazole rings is 1. The third-order valence-electron chi connectivity index (χ3n) is 4.80. The molecule has 0 fully saturated rings. The summed E-state index contributed by atoms with van der Waals surface area (Å²) in [5.74, 6) is 1.66. The van der Waals surface area contributed by atoms with Gasteiger partial charge in [-0.1, -0.05) is 0 Å². The molecule has 5 rings (SSSR count). The second kappa shape index (κ2) is 8.32. The van der Waals surface area contributed by atoms with E-state index in [9.17, 15) is 4.79 Å². The smallest absolute Gasteiger partial charge is 0.346 e. The fourth-order valence-electron chi connectivity index (χ4n) is 3.35. The van der Waals surface area contributed by atoms with Gasteiger partial charge in [-0.2, -0.15) is 15.0 Å². The number of carbonyl (C=O) groups excluding carboxylic acids is 1. The number of nitrogen functional groups attached to an aromatic ring is 1. The highest BCUT2D eigenvalue weighted by Gasteiger charge is 2.19. The van der Waals surface area contributed by atoms with Crippen LogP contribution in [0.5, 0.6) is 0 Å². The highest BCUT2D eigenvalue weighted by atomic mass is 16.2. The summed E-state index contributed by atoms with van der Waals surface area (Å²) in [6.07, 6.45) is 3.16. The first-order valence-corrected chi connectivity index (χ1v) is 10.1. The van der Waals surface area contributed by atoms with Gasteiger partial charge in [-0.3, -0.25) is 0 Å². The molecule has 1 amide bonds. The molecule has 12 nitrogen and oxygen atoms in total. The second-order valence-electron chi connectivity index (χ2n) is 7.22. The van der Waals surface area contributed by atoms with Crippen molar-refractivity contribution in [3.8, 4) is 17.5 Å². The molecule has 0 atom stereocenters. The van der Waals surface area contributed by atoms with Crippen LogP contribution in [0.1, 0.15) is 11.4 Å². The first kappa shape index (κ1) is 20.6. The Hall–Kier alpha value is -5.31. The summed E-state index contributed by atoms with van der Waals surface area (Å²) in [6, 6.07) is 15.0. The number of nitrogens with one attached hydrogen (secondary N) is 2. The topological polar surface area (TPSA) is 165 Å². The van der Waals surface area contributed by atoms with Gasteiger partial charge in [0.2, 0.25) is 0 Å². The molecule has 4 N–H and O–H groups in total. The standard InChI is InChI=1S/C22H17N11O/c1-13-26-16(11-17(24)27-13)20-21(30-19-3-2-9-25-33(19)20)29-18-8-10-32(31-18)22(34)28-15-6-4-14(12-23)5-7-15/h2-11H,1H3,(H,28,34)(H,29,31)(H2,24,26,27). The molecule has 0 aliphatic rings. The van der Waals surface area contributed by atoms with Gasteiger partial charge in [0.25, 0.3) is 0 Å². The minimum absolute atomic E-state index is 0.322. The number of fused-ring (bicyclic) bond motifs is 1. The summed E-state index contributed by atoms with van der Waals surface area (Å²) >= 11 is 0. The molecule has 0 radical (unpaired) electrons. The third-order valence-corrected chi connectivity index (χ3v) is 4.80. The Balaban J connectivity index is 1.44. The van der Waals surface area contributed by atoms with Gasteiger partial charge < -0.3 is 16.4 Å². The van der Waals surface area contributed by atoms with Gasteiger partial charge in [0.05, 0.1) is 17.3 Å². The maximum Gasteiger partial charge on any atom is 0.346 e. The van der Waals surface area contributed by atoms with Crippen LogP contribution in [0.15, 0.2) is 60.9 Å². The van der Waals surface area contributed by atoms with Gasteiger partial charge in [0.15, 0.2) is 17.3 Å². The van der Waals surface area contributed by atoms with E-state index in [1.807, 2.05) is 12.1 Å². The molecular formula is C22H17N11O. The van der Waals surface area contributed by atoms with Crippen LogP contribution in [0.25, 0.3) is 17.0 Å². The van der Waals surface area contributed by atoms with E-state index in [1.54, 1.807) is 60.1 Å². The minimum atomic E-state index is -0.464. The molecule has 0 spiro atoms. The van der Waals surface area contributed by atoms with Gasteiger partial charge in [-0.05, 0) is 43.3 Å². The molecular weight excluding hydrogens is 434 g/mol. The molecule has 0 saturated carbocycles. The van der Waals surface area contributed by atoms with Gasteiger partial charge in [-0.25, -0.2) is 24.3 Å². The Morgan fingerprint density at radius 1 is 1.12 bits per heavy atom. The first-order chi connectivity index (χ1) is 16.5. The maximum atomic E-state index is 12.6. The van der Waals surface area contributed by atoms with Crippen molar-refractivity contribution in [1.29, 1.82) is 5.26 Å². The number of aryl methyl sites for hydroxylation is 1. The summed E-state index contributed by atoms with van der Waals surface area (Å²) in [4.78, 5) is 25.8. The van der Waals surface area contributed by atoms with Crippen LogP contribution in [-0.4, -0.2) is 40.4 Å². The molecule has 0 aliphatic heterocycles. The summed E-state index contributed by atoms with van der Waals surface area (Å²) in [5.41, 5.74) is 8.68. The van der Waals surface area contributed by atoms with Gasteiger partial charge in [-0.15, -0.1) is 5.10 Å². The average molecular weight is 451 g/mol. The quantitative estimate of drug-likeness (QED) is 0.372. The van der Waals surface area contributed by atoms with Crippen LogP contribution in [0.2, 0.25) is 0 Å². The van der Waals surface area contributed by atoms with Crippen molar-refractivity contribution in [1.82, 2.24) is 34.3 Å². The molecule has 4 aromatic heterocycles. The largest absolute Gasteiger partial charge is 0.384 e. The summed E-state index contributed by atoms with van der Waals surface area (Å²) < 4.78 is 2.79. The zero-order valence-corrected chi connectivity index (χ0v) is 17.8. The van der Waals surface area contributed by atoms with Crippen LogP contribution >= 0.6 is 0 Å². The molecule has 12 heteroatoms. The SMILES string of the molecule is Cc1nc(N)cc(-c2c(Nc3ccn(C(=O)Nc4ccc(C#N)cc4)n3)nc3cccnn23)n1. The zero-order valence-electron chi connectivity index (χ0n) is 17.8. The van der Waals surface area contributed by atoms with Crippen molar-refractivity contribution in [3.63, 3.8) is 0 Å². The lowest BCUT2D eigenvalue weighted by atomic mass is 10.2. The van der Waals surface area contributed by atoms with Crippen LogP contribution in [0.4, 0.5) is 27.9 Å². The van der Waals surface area contributed by atoms with E-state index in [-0.39, 0.29) is 0 Å². The summed E-state index contributed by atoms with van der Waals surface area (Å²) in [5, 5.41) is 23.4. The number of carbonyl (C=O) groups is 1. The third kappa shape index (κ3) is 3.96. The zero-order chi connectivity index (χ0) is 23.7. The number of amides is 1. The van der Waals surface area contributed by atoms with Crippen LogP contribution in [0, 0.1) is 18.3 Å². The summed E-state index contributed by atoms with van der Waals surface area (Å²) in [7, 11) is 0. The number of hydrogen-bond acceptors (Lipinski definition) is 9. The van der Waals surface area contributed by atoms with Crippen molar-refractivity contribution >= 4 is 34.8 Å². The lowest BCUT2D eigenvalue weighted by molar-refractivity contribution is 0.251. The van der Waals surface area contributed by atoms with Gasteiger partial charge in [0.1, 0.15) is 17.3 Å². The number of rotatable bonds is 4. The van der Waals surface area contributed by atoms with Gasteiger partial charge >= 0.3 is 6.03 Å². The van der Waals surface area contributed by atoms with Crippen molar-refractivity contribution < 1.29 is 4.79 Å². The predicted octanol–water partition coefficient (Wildman–Crippen LogP) is 2.97. The fraction of sp³-hybridized carbons (Fsp3) is 0.0455. The maximum absolute atomic E-state index is 12.6. The van der Waals surface area contributed by atoms with Crippen molar-refractivity contribution in [2.75, 3.05) is 16.4 Å². The highest BCUT2D eigenvalue weighted by Crippen LogP contribution is 2.29. The van der Waals surface area contributed by atoms with Gasteiger partial charge in [0, 0.05) is 30.2 Å². The predicted molar refractivity (Wildman–Crippen MR) is 124 cm³/mol. The Morgan fingerprint density at radius 2 is 1.94 bits per heavy atom. The molecule has 166 valence electrons. The molecule has 5 aromatic rings. The number of nitriles is 1. The molecule has 4 heterocycles. The molecule has 1 aromatic carbocycles. The molecule has 0 unspecified atom stereocenters. The highest BCUT2D eigenvalue weighted by molar-refractivity contribution is 5.90. The summed E-state index contributed by atoms with van der Waals surface area (Å²) in [6.45, 7) is 1.75. The Labute approximate surface area is 192 Å². The van der Waals surface area contributed by atoms with E-state index >= 15 is 0 Å². The number of nitrogens with zero attached hydrogens (tertiary/aromatic N) is 8. The number of anilines is 4. The van der Waals surface area contributed by atoms with E-state index in [4.69, 9.17) is 11.0 Å². The molecule has 0 aliphatic carbocycles. The Bertz CT molecular complexity index is 1540. The van der Waals surface area contributed by atoms with Crippen LogP contribution in [0.3, 0.4) is 0 Å². The van der Waals surface area contributed by atoms with Crippen molar-refractivity contribution in [2.45, 2.75) is 6.92 Å². The monoisotopic (exact) mass is 451 g/mol. The lowest BCUT2D eigenvalue weighted by Crippen LogP contribution is -2.20. The van der Waals surface area contributed by atoms with Crippen molar-refractivity contribution in [3.05, 3.63) is 72.3 Å². The number of benzene rings is 1. The van der Waals surface area contributed by atoms with Crippen LogP contribution < -0.4 is 16.4 Å². The Morgan fingerprint density at radius 3 is 2.71 bits per heavy atom. The molecule has 0 bridgehead atoms. The lowest BCUT2D eigenvalue weighted by Gasteiger charge is -2.07. The van der Waals surface area contributed by atoms with E-state index in [1.165, 1.54) is 6.20 Å². The Kier molecular flexibility index (Phi) is 5.04. The van der Waals surface area contributed by atoms with E-state index in [0.717, 1.165) is 4.68 Å². The number of aromatic nitrogens is 7. The van der Waals surface area contributed by atoms with E-state index in [2.05, 4.69) is 35.8 Å². The number of nitrogens with two attached hydrogens (primary N) is 1. The van der Waals surface area contributed by atoms with E-state index in [0.29, 0.717) is 51.6 Å². The molecule has 34 heavy (non-hydrogen) atoms. The second-order valence-corrected chi connectivity index (χ2v) is 7.22. The first-order valence-electron chi connectivity index (χ1n) is 10.1. The fourth-order valence-corrected chi connectivity index (χ4v) is 3.35. The normalized spacial score (nSPS) is 10.7. The molecule has 0 saturated heterocycles. The van der Waals surface area contributed by atoms with Crippen LogP contribution in [-0.2, 0) is 0 Å². The average Bonchev–Trinajstić information content (AvgIpc) is 3.43. The minimum Gasteiger partial charge on any atom is -0.384 e. The van der Waals surface area contributed by atoms with Crippen molar-refractivity contribution in [2.24, 2.45) is 0 Å². The number of hydrogen-bond donors (Lipinski definition) is 3. The van der Waals surface area contributed by atoms with E-state index < -0.39 is 6.03 Å².